The number of benzene rings is 1. The molecule has 3 aromatic rings. The standard InChI is InChI=1S/C13H10ClN5O2/c14-9-3-4-11(12(6-9)19-8-16-17-18-19)13(20)15-7-10-2-1-5-21-10/h1-6,8H,7H2,(H,15,20). The number of nitrogens with zero attached hydrogens (tertiary/aromatic N) is 4. The van der Waals surface area contributed by atoms with E-state index in [1.165, 1.54) is 11.0 Å². The van der Waals surface area contributed by atoms with Gasteiger partial charge in [-0.05, 0) is 40.8 Å². The maximum absolute atomic E-state index is 12.3. The third kappa shape index (κ3) is 2.92. The highest BCUT2D eigenvalue weighted by Gasteiger charge is 2.14. The molecule has 21 heavy (non-hydrogen) atoms. The van der Waals surface area contributed by atoms with Gasteiger partial charge in [0.2, 0.25) is 0 Å². The van der Waals surface area contributed by atoms with Gasteiger partial charge in [0.05, 0.1) is 24.1 Å². The van der Waals surface area contributed by atoms with E-state index in [2.05, 4.69) is 20.8 Å². The first-order valence-electron chi connectivity index (χ1n) is 6.07. The van der Waals surface area contributed by atoms with Gasteiger partial charge in [-0.1, -0.05) is 11.6 Å². The van der Waals surface area contributed by atoms with Crippen LogP contribution in [-0.4, -0.2) is 26.1 Å². The molecule has 0 unspecified atom stereocenters. The Bertz CT molecular complexity index is 740. The molecule has 7 nitrogen and oxygen atoms in total. The quantitative estimate of drug-likeness (QED) is 0.795. The predicted molar refractivity (Wildman–Crippen MR) is 74.0 cm³/mol. The van der Waals surface area contributed by atoms with Crippen LogP contribution in [0.25, 0.3) is 5.69 Å². The van der Waals surface area contributed by atoms with Gasteiger partial charge in [-0.15, -0.1) is 5.10 Å². The summed E-state index contributed by atoms with van der Waals surface area (Å²) < 4.78 is 6.55. The molecule has 0 radical (unpaired) electrons. The first kappa shape index (κ1) is 13.3. The zero-order chi connectivity index (χ0) is 14.7. The van der Waals surface area contributed by atoms with E-state index >= 15 is 0 Å². The highest BCUT2D eigenvalue weighted by atomic mass is 35.5. The second-order valence-electron chi connectivity index (χ2n) is 4.18. The maximum Gasteiger partial charge on any atom is 0.253 e. The molecule has 2 heterocycles. The number of hydrogen-bond acceptors (Lipinski definition) is 5. The van der Waals surface area contributed by atoms with Crippen molar-refractivity contribution >= 4 is 17.5 Å². The van der Waals surface area contributed by atoms with Gasteiger partial charge in [-0.25, -0.2) is 0 Å². The molecular weight excluding hydrogens is 294 g/mol. The topological polar surface area (TPSA) is 85.8 Å². The molecule has 1 aromatic carbocycles. The molecule has 0 saturated heterocycles. The number of tetrazole rings is 1. The van der Waals surface area contributed by atoms with Crippen molar-refractivity contribution in [1.29, 1.82) is 0 Å². The van der Waals surface area contributed by atoms with Crippen LogP contribution < -0.4 is 5.32 Å². The number of halogens is 1. The van der Waals surface area contributed by atoms with Crippen molar-refractivity contribution in [3.05, 3.63) is 59.3 Å². The Labute approximate surface area is 124 Å². The van der Waals surface area contributed by atoms with E-state index in [0.29, 0.717) is 28.6 Å². The molecule has 1 N–H and O–H groups in total. The number of amides is 1. The van der Waals surface area contributed by atoms with Crippen LogP contribution in [0.15, 0.2) is 47.3 Å². The van der Waals surface area contributed by atoms with Gasteiger partial charge in [0, 0.05) is 5.02 Å². The van der Waals surface area contributed by atoms with Gasteiger partial charge in [-0.2, -0.15) is 4.68 Å². The van der Waals surface area contributed by atoms with Crippen LogP contribution in [0.1, 0.15) is 16.1 Å². The highest BCUT2D eigenvalue weighted by Crippen LogP contribution is 2.19. The van der Waals surface area contributed by atoms with Crippen molar-refractivity contribution in [3.8, 4) is 5.69 Å². The third-order valence-corrected chi connectivity index (χ3v) is 3.04. The lowest BCUT2D eigenvalue weighted by molar-refractivity contribution is 0.0948. The molecule has 1 amide bonds. The fraction of sp³-hybridized carbons (Fsp3) is 0.0769. The van der Waals surface area contributed by atoms with Crippen LogP contribution in [-0.2, 0) is 6.54 Å². The zero-order valence-electron chi connectivity index (χ0n) is 10.7. The summed E-state index contributed by atoms with van der Waals surface area (Å²) in [5, 5.41) is 14.1. The van der Waals surface area contributed by atoms with Crippen molar-refractivity contribution in [3.63, 3.8) is 0 Å². The lowest BCUT2D eigenvalue weighted by atomic mass is 10.1. The van der Waals surface area contributed by atoms with Gasteiger partial charge in [0.1, 0.15) is 12.1 Å². The lowest BCUT2D eigenvalue weighted by Crippen LogP contribution is -2.24. The van der Waals surface area contributed by atoms with Crippen LogP contribution in [0.4, 0.5) is 0 Å². The molecule has 0 saturated carbocycles. The van der Waals surface area contributed by atoms with Gasteiger partial charge in [0.15, 0.2) is 0 Å². The molecular formula is C13H10ClN5O2. The van der Waals surface area contributed by atoms with Crippen LogP contribution in [0.5, 0.6) is 0 Å². The van der Waals surface area contributed by atoms with Crippen molar-refractivity contribution in [2.24, 2.45) is 0 Å². The van der Waals surface area contributed by atoms with Crippen LogP contribution in [0, 0.1) is 0 Å². The van der Waals surface area contributed by atoms with Crippen LogP contribution in [0.2, 0.25) is 5.02 Å². The second kappa shape index (κ2) is 5.76. The highest BCUT2D eigenvalue weighted by molar-refractivity contribution is 6.31. The van der Waals surface area contributed by atoms with Crippen LogP contribution in [0.3, 0.4) is 0 Å². The summed E-state index contributed by atoms with van der Waals surface area (Å²) in [7, 11) is 0. The molecule has 3 rings (SSSR count). The normalized spacial score (nSPS) is 10.5. The number of nitrogens with one attached hydrogen (secondary N) is 1. The van der Waals surface area contributed by atoms with E-state index in [1.54, 1.807) is 36.6 Å². The van der Waals surface area contributed by atoms with Crippen LogP contribution >= 0.6 is 11.6 Å². The number of hydrogen-bond donors (Lipinski definition) is 1. The summed E-state index contributed by atoms with van der Waals surface area (Å²) >= 11 is 5.97. The SMILES string of the molecule is O=C(NCc1ccco1)c1ccc(Cl)cc1-n1cnnn1. The summed E-state index contributed by atoms with van der Waals surface area (Å²) in [6, 6.07) is 8.43. The summed E-state index contributed by atoms with van der Waals surface area (Å²) in [4.78, 5) is 12.3. The van der Waals surface area contributed by atoms with Gasteiger partial charge in [0.25, 0.3) is 5.91 Å². The molecule has 0 aliphatic heterocycles. The summed E-state index contributed by atoms with van der Waals surface area (Å²) in [5.74, 6) is 0.398. The Kier molecular flexibility index (Phi) is 3.65. The average molecular weight is 304 g/mol. The van der Waals surface area contributed by atoms with Crippen molar-refractivity contribution in [2.45, 2.75) is 6.54 Å². The van der Waals surface area contributed by atoms with E-state index in [-0.39, 0.29) is 5.91 Å². The molecule has 2 aromatic heterocycles. The number of aromatic nitrogens is 4. The minimum Gasteiger partial charge on any atom is -0.467 e. The molecule has 0 aliphatic carbocycles. The molecule has 8 heteroatoms. The summed E-state index contributed by atoms with van der Waals surface area (Å²) in [5.41, 5.74) is 0.919. The Morgan fingerprint density at radius 3 is 3.00 bits per heavy atom. The minimum absolute atomic E-state index is 0.270. The average Bonchev–Trinajstić information content (AvgIpc) is 3.18. The Balaban J connectivity index is 1.85. The third-order valence-electron chi connectivity index (χ3n) is 2.80. The number of furan rings is 1. The molecule has 106 valence electrons. The van der Waals surface area contributed by atoms with Gasteiger partial charge in [-0.3, -0.25) is 4.79 Å². The molecule has 0 atom stereocenters. The zero-order valence-corrected chi connectivity index (χ0v) is 11.5. The predicted octanol–water partition coefficient (Wildman–Crippen LogP) is 1.84. The Morgan fingerprint density at radius 2 is 2.29 bits per heavy atom. The minimum atomic E-state index is -0.270. The first-order chi connectivity index (χ1) is 10.2. The van der Waals surface area contributed by atoms with Crippen molar-refractivity contribution in [1.82, 2.24) is 25.5 Å². The molecule has 0 fully saturated rings. The first-order valence-corrected chi connectivity index (χ1v) is 6.45. The fourth-order valence-corrected chi connectivity index (χ4v) is 2.00. The lowest BCUT2D eigenvalue weighted by Gasteiger charge is -2.09. The maximum atomic E-state index is 12.3. The molecule has 0 bridgehead atoms. The number of rotatable bonds is 4. The monoisotopic (exact) mass is 303 g/mol. The van der Waals surface area contributed by atoms with E-state index in [9.17, 15) is 4.79 Å². The smallest absolute Gasteiger partial charge is 0.253 e. The van der Waals surface area contributed by atoms with Crippen molar-refractivity contribution in [2.75, 3.05) is 0 Å². The number of carbonyl (C=O) groups is 1. The van der Waals surface area contributed by atoms with E-state index in [4.69, 9.17) is 16.0 Å². The fourth-order valence-electron chi connectivity index (χ4n) is 1.83. The Hall–Kier alpha value is -2.67. The molecule has 0 aliphatic rings. The molecule has 0 spiro atoms. The van der Waals surface area contributed by atoms with E-state index in [0.717, 1.165) is 0 Å². The van der Waals surface area contributed by atoms with Crippen molar-refractivity contribution < 1.29 is 9.21 Å². The second-order valence-corrected chi connectivity index (χ2v) is 4.61. The summed E-state index contributed by atoms with van der Waals surface area (Å²) in [6.45, 7) is 0.295. The van der Waals surface area contributed by atoms with Gasteiger partial charge < -0.3 is 9.73 Å². The van der Waals surface area contributed by atoms with Gasteiger partial charge >= 0.3 is 0 Å². The number of carbonyl (C=O) groups excluding carboxylic acids is 1. The summed E-state index contributed by atoms with van der Waals surface area (Å²) in [6.07, 6.45) is 2.95. The van der Waals surface area contributed by atoms with E-state index in [1.807, 2.05) is 0 Å². The Morgan fingerprint density at radius 1 is 1.38 bits per heavy atom. The largest absolute Gasteiger partial charge is 0.467 e. The van der Waals surface area contributed by atoms with E-state index < -0.39 is 0 Å².